The zero-order chi connectivity index (χ0) is 18.8. The Bertz CT molecular complexity index is 727. The third kappa shape index (κ3) is 3.84. The van der Waals surface area contributed by atoms with Gasteiger partial charge in [-0.3, -0.25) is 0 Å². The van der Waals surface area contributed by atoms with Gasteiger partial charge in [0.2, 0.25) is 5.95 Å². The summed E-state index contributed by atoms with van der Waals surface area (Å²) < 4.78 is 8.05. The Morgan fingerprint density at radius 2 is 1.89 bits per heavy atom. The molecule has 0 radical (unpaired) electrons. The summed E-state index contributed by atoms with van der Waals surface area (Å²) in [4.78, 5) is 2.24. The summed E-state index contributed by atoms with van der Waals surface area (Å²) in [6, 6.07) is 11.4. The minimum atomic E-state index is 0.0809. The van der Waals surface area contributed by atoms with E-state index in [1.807, 2.05) is 7.05 Å². The van der Waals surface area contributed by atoms with Gasteiger partial charge in [0.15, 0.2) is 0 Å². The summed E-state index contributed by atoms with van der Waals surface area (Å²) in [6.07, 6.45) is 5.87. The third-order valence-electron chi connectivity index (χ3n) is 6.22. The Kier molecular flexibility index (Phi) is 5.41. The number of rotatable bonds is 5. The number of ether oxygens (including phenoxy) is 1. The first-order chi connectivity index (χ1) is 13.1. The molecule has 4 rings (SSSR count). The van der Waals surface area contributed by atoms with Crippen LogP contribution in [0.5, 0.6) is 0 Å². The Morgan fingerprint density at radius 1 is 1.15 bits per heavy atom. The van der Waals surface area contributed by atoms with Gasteiger partial charge in [-0.25, -0.2) is 4.68 Å². The summed E-state index contributed by atoms with van der Waals surface area (Å²) in [5, 5.41) is 11.9. The summed E-state index contributed by atoms with van der Waals surface area (Å²) in [5.41, 5.74) is 7.89. The zero-order valence-electron chi connectivity index (χ0n) is 16.2. The van der Waals surface area contributed by atoms with Crippen molar-refractivity contribution in [3.8, 4) is 0 Å². The lowest BCUT2D eigenvalue weighted by Crippen LogP contribution is -2.46. The molecule has 7 heteroatoms. The van der Waals surface area contributed by atoms with Gasteiger partial charge in [-0.05, 0) is 60.9 Å². The number of tetrazole rings is 1. The average molecular weight is 371 g/mol. The van der Waals surface area contributed by atoms with Crippen molar-refractivity contribution in [3.63, 3.8) is 0 Å². The highest BCUT2D eigenvalue weighted by Gasteiger charge is 2.40. The average Bonchev–Trinajstić information content (AvgIpc) is 3.22. The van der Waals surface area contributed by atoms with E-state index in [0.717, 1.165) is 25.2 Å². The van der Waals surface area contributed by atoms with E-state index < -0.39 is 0 Å². The second-order valence-electron chi connectivity index (χ2n) is 8.04. The van der Waals surface area contributed by atoms with Crippen LogP contribution in [-0.2, 0) is 11.8 Å². The fourth-order valence-corrected chi connectivity index (χ4v) is 4.71. The molecule has 146 valence electrons. The van der Waals surface area contributed by atoms with Crippen LogP contribution in [0.15, 0.2) is 30.3 Å². The van der Waals surface area contributed by atoms with E-state index in [4.69, 9.17) is 10.5 Å². The van der Waals surface area contributed by atoms with E-state index in [9.17, 15) is 0 Å². The van der Waals surface area contributed by atoms with Crippen LogP contribution in [0.25, 0.3) is 0 Å². The fourth-order valence-electron chi connectivity index (χ4n) is 4.71. The van der Waals surface area contributed by atoms with Gasteiger partial charge in [0.1, 0.15) is 0 Å². The van der Waals surface area contributed by atoms with Crippen LogP contribution in [0.4, 0.5) is 5.95 Å². The Labute approximate surface area is 160 Å². The maximum absolute atomic E-state index is 6.43. The van der Waals surface area contributed by atoms with E-state index in [2.05, 4.69) is 57.7 Å². The molecule has 1 aliphatic heterocycles. The topological polar surface area (TPSA) is 82.1 Å². The second kappa shape index (κ2) is 7.94. The number of hydrogen-bond acceptors (Lipinski definition) is 6. The van der Waals surface area contributed by atoms with Crippen LogP contribution < -0.4 is 10.6 Å². The normalized spacial score (nSPS) is 31.4. The smallest absolute Gasteiger partial charge is 0.245 e. The largest absolute Gasteiger partial charge is 0.376 e. The molecule has 2 aromatic rings. The Hall–Kier alpha value is -1.99. The van der Waals surface area contributed by atoms with Crippen molar-refractivity contribution < 1.29 is 4.74 Å². The van der Waals surface area contributed by atoms with Crippen molar-refractivity contribution in [1.29, 1.82) is 0 Å². The molecule has 1 saturated carbocycles. The van der Waals surface area contributed by atoms with Gasteiger partial charge in [0.05, 0.1) is 18.8 Å². The van der Waals surface area contributed by atoms with Crippen LogP contribution in [-0.4, -0.2) is 51.0 Å². The Balaban J connectivity index is 1.34. The van der Waals surface area contributed by atoms with E-state index in [1.54, 1.807) is 4.68 Å². The maximum Gasteiger partial charge on any atom is 0.245 e. The van der Waals surface area contributed by atoms with Crippen LogP contribution in [0.1, 0.15) is 50.5 Å². The number of aromatic nitrogens is 4. The zero-order valence-corrected chi connectivity index (χ0v) is 16.2. The molecule has 1 aliphatic carbocycles. The molecule has 0 bridgehead atoms. The minimum absolute atomic E-state index is 0.0809. The third-order valence-corrected chi connectivity index (χ3v) is 6.22. The van der Waals surface area contributed by atoms with Gasteiger partial charge in [-0.15, -0.1) is 0 Å². The molecular formula is C20H30N6O. The second-order valence-corrected chi connectivity index (χ2v) is 8.04. The van der Waals surface area contributed by atoms with Crippen molar-refractivity contribution >= 4 is 5.95 Å². The number of anilines is 1. The molecule has 0 amide bonds. The summed E-state index contributed by atoms with van der Waals surface area (Å²) in [6.45, 7) is 2.82. The van der Waals surface area contributed by atoms with E-state index in [1.165, 1.54) is 18.4 Å². The minimum Gasteiger partial charge on any atom is -0.376 e. The fraction of sp³-hybridized carbons (Fsp3) is 0.650. The van der Waals surface area contributed by atoms with Gasteiger partial charge in [-0.1, -0.05) is 35.4 Å². The van der Waals surface area contributed by atoms with E-state index >= 15 is 0 Å². The SMILES string of the molecule is C[C@@H]1C[C@H](N)[C@H](CO[C@H]2CC[C@@H](c3ccccc3)CC2)N1c1nnnn1C. The highest BCUT2D eigenvalue weighted by Crippen LogP contribution is 2.35. The van der Waals surface area contributed by atoms with Gasteiger partial charge in [0.25, 0.3) is 0 Å². The van der Waals surface area contributed by atoms with Gasteiger partial charge in [-0.2, -0.15) is 0 Å². The van der Waals surface area contributed by atoms with Crippen molar-refractivity contribution in [2.45, 2.75) is 69.2 Å². The molecule has 1 aromatic heterocycles. The summed E-state index contributed by atoms with van der Waals surface area (Å²) >= 11 is 0. The predicted octanol–water partition coefficient (Wildman–Crippen LogP) is 2.25. The first kappa shape index (κ1) is 18.4. The highest BCUT2D eigenvalue weighted by molar-refractivity contribution is 5.36. The van der Waals surface area contributed by atoms with Gasteiger partial charge in [0, 0.05) is 19.1 Å². The number of nitrogens with zero attached hydrogens (tertiary/aromatic N) is 5. The molecular weight excluding hydrogens is 340 g/mol. The maximum atomic E-state index is 6.43. The first-order valence-corrected chi connectivity index (χ1v) is 10.1. The number of aryl methyl sites for hydroxylation is 1. The lowest BCUT2D eigenvalue weighted by molar-refractivity contribution is 0.0158. The van der Waals surface area contributed by atoms with Crippen LogP contribution in [0.3, 0.4) is 0 Å². The number of nitrogens with two attached hydrogens (primary N) is 1. The van der Waals surface area contributed by atoms with Crippen molar-refractivity contribution in [1.82, 2.24) is 20.2 Å². The molecule has 0 unspecified atom stereocenters. The summed E-state index contributed by atoms with van der Waals surface area (Å²) in [5.74, 6) is 1.44. The molecule has 2 N–H and O–H groups in total. The van der Waals surface area contributed by atoms with Crippen molar-refractivity contribution in [2.24, 2.45) is 12.8 Å². The number of benzene rings is 1. The number of hydrogen-bond donors (Lipinski definition) is 1. The lowest BCUT2D eigenvalue weighted by atomic mass is 9.83. The molecule has 1 aromatic carbocycles. The van der Waals surface area contributed by atoms with Crippen LogP contribution >= 0.6 is 0 Å². The van der Waals surface area contributed by atoms with Crippen LogP contribution in [0.2, 0.25) is 0 Å². The molecule has 2 heterocycles. The Morgan fingerprint density at radius 3 is 2.56 bits per heavy atom. The quantitative estimate of drug-likeness (QED) is 0.869. The molecule has 3 atom stereocenters. The van der Waals surface area contributed by atoms with E-state index in [-0.39, 0.29) is 12.1 Å². The van der Waals surface area contributed by atoms with Gasteiger partial charge >= 0.3 is 0 Å². The van der Waals surface area contributed by atoms with Gasteiger partial charge < -0.3 is 15.4 Å². The predicted molar refractivity (Wildman–Crippen MR) is 105 cm³/mol. The monoisotopic (exact) mass is 370 g/mol. The van der Waals surface area contributed by atoms with E-state index in [0.29, 0.717) is 24.7 Å². The standard InChI is InChI=1S/C20H30N6O/c1-14-12-18(21)19(26(14)20-22-23-24-25(20)2)13-27-17-10-8-16(9-11-17)15-6-4-3-5-7-15/h3-7,14,16-19H,8-13,21H2,1-2H3/t14-,16-,17+,18+,19+/m1/s1. The van der Waals surface area contributed by atoms with Crippen LogP contribution in [0, 0.1) is 0 Å². The molecule has 1 saturated heterocycles. The molecule has 7 nitrogen and oxygen atoms in total. The molecule has 2 fully saturated rings. The highest BCUT2D eigenvalue weighted by atomic mass is 16.5. The lowest BCUT2D eigenvalue weighted by Gasteiger charge is -2.33. The van der Waals surface area contributed by atoms with Crippen molar-refractivity contribution in [2.75, 3.05) is 11.5 Å². The molecule has 2 aliphatic rings. The summed E-state index contributed by atoms with van der Waals surface area (Å²) in [7, 11) is 1.87. The molecule has 0 spiro atoms. The van der Waals surface area contributed by atoms with Crippen molar-refractivity contribution in [3.05, 3.63) is 35.9 Å². The molecule has 27 heavy (non-hydrogen) atoms. The first-order valence-electron chi connectivity index (χ1n) is 10.1.